The highest BCUT2D eigenvalue weighted by Crippen LogP contribution is 2.31. The van der Waals surface area contributed by atoms with Gasteiger partial charge in [-0.2, -0.15) is 0 Å². The monoisotopic (exact) mass is 381 g/mol. The molecule has 0 saturated heterocycles. The third-order valence-electron chi connectivity index (χ3n) is 4.24. The van der Waals surface area contributed by atoms with Gasteiger partial charge >= 0.3 is 0 Å². The van der Waals surface area contributed by atoms with E-state index in [4.69, 9.17) is 4.84 Å². The number of hydrogen-bond donors (Lipinski definition) is 1. The summed E-state index contributed by atoms with van der Waals surface area (Å²) in [7, 11) is 0. The topological polar surface area (TPSA) is 63.6 Å². The lowest BCUT2D eigenvalue weighted by molar-refractivity contribution is -0.110. The minimum Gasteiger partial charge on any atom is -0.387 e. The summed E-state index contributed by atoms with van der Waals surface area (Å²) in [6.45, 7) is 1.91. The molecule has 0 spiro atoms. The minimum atomic E-state index is -0.326. The highest BCUT2D eigenvalue weighted by molar-refractivity contribution is 7.16. The number of carbonyl (C=O) groups excluding carboxylic acids is 1. The van der Waals surface area contributed by atoms with Crippen molar-refractivity contribution < 1.29 is 14.0 Å². The number of rotatable bonds is 4. The van der Waals surface area contributed by atoms with Gasteiger partial charge in [0.05, 0.1) is 5.69 Å². The maximum absolute atomic E-state index is 13.1. The van der Waals surface area contributed by atoms with Crippen LogP contribution in [0.3, 0.4) is 0 Å². The van der Waals surface area contributed by atoms with Crippen LogP contribution in [0.4, 0.5) is 9.52 Å². The van der Waals surface area contributed by atoms with Crippen LogP contribution in [0.15, 0.2) is 59.8 Å². The molecule has 1 unspecified atom stereocenters. The summed E-state index contributed by atoms with van der Waals surface area (Å²) in [6, 6.07) is 15.8. The molecule has 4 rings (SSSR count). The Morgan fingerprint density at radius 1 is 1.19 bits per heavy atom. The third-order valence-corrected chi connectivity index (χ3v) is 5.12. The molecule has 136 valence electrons. The van der Waals surface area contributed by atoms with Crippen molar-refractivity contribution >= 4 is 28.1 Å². The lowest BCUT2D eigenvalue weighted by atomic mass is 10.0. The molecule has 1 aromatic heterocycles. The van der Waals surface area contributed by atoms with E-state index in [-0.39, 0.29) is 17.8 Å². The second-order valence-electron chi connectivity index (χ2n) is 6.13. The maximum atomic E-state index is 13.1. The second kappa shape index (κ2) is 7.28. The van der Waals surface area contributed by atoms with Crippen LogP contribution in [0.1, 0.15) is 23.0 Å². The van der Waals surface area contributed by atoms with Crippen molar-refractivity contribution in [1.29, 1.82) is 0 Å². The van der Waals surface area contributed by atoms with Gasteiger partial charge in [0.1, 0.15) is 11.5 Å². The zero-order chi connectivity index (χ0) is 18.8. The van der Waals surface area contributed by atoms with E-state index in [1.807, 2.05) is 37.3 Å². The van der Waals surface area contributed by atoms with Gasteiger partial charge in [-0.15, -0.1) is 11.3 Å². The van der Waals surface area contributed by atoms with Crippen LogP contribution in [-0.4, -0.2) is 16.6 Å². The Bertz CT molecular complexity index is 1000. The van der Waals surface area contributed by atoms with Crippen LogP contribution < -0.4 is 5.32 Å². The quantitative estimate of drug-likeness (QED) is 0.712. The first-order valence-electron chi connectivity index (χ1n) is 8.42. The average Bonchev–Trinajstić information content (AvgIpc) is 3.30. The van der Waals surface area contributed by atoms with Gasteiger partial charge in [-0.05, 0) is 36.8 Å². The number of aryl methyl sites for hydroxylation is 1. The van der Waals surface area contributed by atoms with E-state index < -0.39 is 0 Å². The SMILES string of the molecule is Cc1sc(NC(=O)C2=NOC(c3ccccc3)C2)nc1-c1ccc(F)cc1. The van der Waals surface area contributed by atoms with Gasteiger partial charge in [0.25, 0.3) is 5.91 Å². The molecule has 1 atom stereocenters. The molecular weight excluding hydrogens is 365 g/mol. The van der Waals surface area contributed by atoms with Gasteiger partial charge in [-0.1, -0.05) is 35.5 Å². The molecule has 0 bridgehead atoms. The fourth-order valence-electron chi connectivity index (χ4n) is 2.85. The fraction of sp³-hybridized carbons (Fsp3) is 0.150. The van der Waals surface area contributed by atoms with Crippen molar-refractivity contribution in [3.63, 3.8) is 0 Å². The van der Waals surface area contributed by atoms with Gasteiger partial charge < -0.3 is 4.84 Å². The number of benzene rings is 2. The number of oxime groups is 1. The molecule has 5 nitrogen and oxygen atoms in total. The highest BCUT2D eigenvalue weighted by atomic mass is 32.1. The largest absolute Gasteiger partial charge is 0.387 e. The zero-order valence-electron chi connectivity index (χ0n) is 14.5. The van der Waals surface area contributed by atoms with Crippen LogP contribution in [0.5, 0.6) is 0 Å². The first-order valence-corrected chi connectivity index (χ1v) is 9.24. The lowest BCUT2D eigenvalue weighted by Gasteiger charge is -2.07. The molecule has 1 aliphatic heterocycles. The third kappa shape index (κ3) is 3.73. The van der Waals surface area contributed by atoms with Gasteiger partial charge in [0.2, 0.25) is 0 Å². The van der Waals surface area contributed by atoms with Gasteiger partial charge in [0.15, 0.2) is 11.2 Å². The number of aromatic nitrogens is 1. The maximum Gasteiger partial charge on any atom is 0.275 e. The molecule has 1 N–H and O–H groups in total. The van der Waals surface area contributed by atoms with Gasteiger partial charge in [0, 0.05) is 16.9 Å². The van der Waals surface area contributed by atoms with Crippen molar-refractivity contribution in [2.75, 3.05) is 5.32 Å². The normalized spacial score (nSPS) is 15.9. The van der Waals surface area contributed by atoms with Crippen molar-refractivity contribution in [2.24, 2.45) is 5.16 Å². The summed E-state index contributed by atoms with van der Waals surface area (Å²) in [6.07, 6.45) is 0.158. The molecule has 27 heavy (non-hydrogen) atoms. The van der Waals surface area contributed by atoms with Crippen molar-refractivity contribution in [3.8, 4) is 11.3 Å². The number of halogens is 1. The fourth-order valence-corrected chi connectivity index (χ4v) is 3.68. The number of hydrogen-bond acceptors (Lipinski definition) is 5. The highest BCUT2D eigenvalue weighted by Gasteiger charge is 2.28. The predicted octanol–water partition coefficient (Wildman–Crippen LogP) is 4.71. The summed E-state index contributed by atoms with van der Waals surface area (Å²) >= 11 is 1.37. The zero-order valence-corrected chi connectivity index (χ0v) is 15.3. The van der Waals surface area contributed by atoms with Crippen LogP contribution in [0, 0.1) is 12.7 Å². The molecule has 0 saturated carbocycles. The van der Waals surface area contributed by atoms with E-state index in [1.165, 1.54) is 23.5 Å². The number of nitrogens with zero attached hydrogens (tertiary/aromatic N) is 2. The summed E-state index contributed by atoms with van der Waals surface area (Å²) in [4.78, 5) is 23.3. The summed E-state index contributed by atoms with van der Waals surface area (Å²) in [5.41, 5.74) is 2.84. The Morgan fingerprint density at radius 3 is 2.67 bits per heavy atom. The molecule has 0 aliphatic carbocycles. The number of anilines is 1. The predicted molar refractivity (Wildman–Crippen MR) is 103 cm³/mol. The Hall–Kier alpha value is -3.06. The molecule has 2 aromatic carbocycles. The van der Waals surface area contributed by atoms with Gasteiger partial charge in [-0.25, -0.2) is 9.37 Å². The van der Waals surface area contributed by atoms with Crippen LogP contribution >= 0.6 is 11.3 Å². The average molecular weight is 381 g/mol. The number of nitrogens with one attached hydrogen (secondary N) is 1. The Balaban J connectivity index is 1.45. The summed E-state index contributed by atoms with van der Waals surface area (Å²) in [5.74, 6) is -0.625. The smallest absolute Gasteiger partial charge is 0.275 e. The molecule has 0 radical (unpaired) electrons. The van der Waals surface area contributed by atoms with Gasteiger partial charge in [-0.3, -0.25) is 10.1 Å². The lowest BCUT2D eigenvalue weighted by Crippen LogP contribution is -2.21. The molecule has 1 amide bonds. The molecular formula is C20H16FN3O2S. The standard InChI is InChI=1S/C20H16FN3O2S/c1-12-18(14-7-9-15(21)10-8-14)22-20(27-12)23-19(25)16-11-17(26-24-16)13-5-3-2-4-6-13/h2-10,17H,11H2,1H3,(H,22,23,25). The number of amides is 1. The van der Waals surface area contributed by atoms with E-state index in [1.54, 1.807) is 12.1 Å². The molecule has 1 aliphatic rings. The van der Waals surface area contributed by atoms with Crippen molar-refractivity contribution in [1.82, 2.24) is 4.98 Å². The van der Waals surface area contributed by atoms with E-state index in [2.05, 4.69) is 15.5 Å². The molecule has 7 heteroatoms. The second-order valence-corrected chi connectivity index (χ2v) is 7.33. The van der Waals surface area contributed by atoms with E-state index in [0.717, 1.165) is 21.7 Å². The summed E-state index contributed by atoms with van der Waals surface area (Å²) in [5, 5.41) is 7.18. The Kier molecular flexibility index (Phi) is 4.68. The molecule has 3 aromatic rings. The van der Waals surface area contributed by atoms with Crippen molar-refractivity contribution in [2.45, 2.75) is 19.4 Å². The van der Waals surface area contributed by atoms with E-state index in [0.29, 0.717) is 17.3 Å². The number of thiazole rings is 1. The summed E-state index contributed by atoms with van der Waals surface area (Å²) < 4.78 is 13.1. The first-order chi connectivity index (χ1) is 13.1. The van der Waals surface area contributed by atoms with Crippen LogP contribution in [0.2, 0.25) is 0 Å². The van der Waals surface area contributed by atoms with E-state index in [9.17, 15) is 9.18 Å². The minimum absolute atomic E-state index is 0.250. The molecule has 2 heterocycles. The first kappa shape index (κ1) is 17.4. The Labute approximate surface area is 159 Å². The number of carbonyl (C=O) groups is 1. The van der Waals surface area contributed by atoms with Crippen LogP contribution in [-0.2, 0) is 9.63 Å². The van der Waals surface area contributed by atoms with Crippen LogP contribution in [0.25, 0.3) is 11.3 Å². The van der Waals surface area contributed by atoms with E-state index >= 15 is 0 Å². The molecule has 0 fully saturated rings. The Morgan fingerprint density at radius 2 is 1.93 bits per heavy atom. The van der Waals surface area contributed by atoms with Crippen molar-refractivity contribution in [3.05, 3.63) is 70.9 Å².